The predicted octanol–water partition coefficient (Wildman–Crippen LogP) is 7.69. The zero-order chi connectivity index (χ0) is 34.0. The molecule has 0 amide bonds. The van der Waals surface area contributed by atoms with Crippen molar-refractivity contribution in [2.75, 3.05) is 13.7 Å². The molecule has 0 fully saturated rings. The monoisotopic (exact) mass is 918 g/mol. The Morgan fingerprint density at radius 3 is 2.45 bits per heavy atom. The number of aromatic nitrogens is 1. The lowest BCUT2D eigenvalue weighted by Crippen LogP contribution is -2.40. The minimum absolute atomic E-state index is 0.0709. The number of nitrogens with zero attached hydrogens (tertiary/aromatic N) is 2. The number of carbonyl (C=O) groups is 1. The van der Waals surface area contributed by atoms with E-state index in [0.717, 1.165) is 18.3 Å². The van der Waals surface area contributed by atoms with Crippen LogP contribution in [0.1, 0.15) is 50.4 Å². The van der Waals surface area contributed by atoms with Crippen LogP contribution in [0.25, 0.3) is 6.08 Å². The maximum absolute atomic E-state index is 14.2. The van der Waals surface area contributed by atoms with E-state index in [-0.39, 0.29) is 30.5 Å². The van der Waals surface area contributed by atoms with Crippen LogP contribution in [0, 0.1) is 7.14 Å². The molecule has 4 aromatic rings. The Morgan fingerprint density at radius 2 is 1.81 bits per heavy atom. The van der Waals surface area contributed by atoms with Crippen LogP contribution < -0.4 is 29.1 Å². The molecule has 8 nitrogen and oxygen atoms in total. The van der Waals surface area contributed by atoms with Crippen molar-refractivity contribution in [2.45, 2.75) is 46.4 Å². The fourth-order valence-electron chi connectivity index (χ4n) is 5.05. The maximum Gasteiger partial charge on any atom is 0.338 e. The molecule has 0 saturated carbocycles. The van der Waals surface area contributed by atoms with Crippen LogP contribution >= 0.6 is 79.7 Å². The van der Waals surface area contributed by atoms with Gasteiger partial charge in [-0.3, -0.25) is 9.36 Å². The standard InChI is InChI=1S/C34H30Cl2I2N2O6S/c1-6-44-33(42)29-18(4)39-34-40(30(29)20-8-10-26(46-17(2)3)27(14-20)43-5)32(41)28(47-34)13-19-11-24(37)31(25(38)12-19)45-16-21-7-9-22(35)15-23(21)36/h7-15,17,30H,6,16H2,1-5H3/b28-13-/t30-/m1/s1. The summed E-state index contributed by atoms with van der Waals surface area (Å²) in [7, 11) is 1.55. The molecule has 0 unspecified atom stereocenters. The Balaban J connectivity index is 1.57. The van der Waals surface area contributed by atoms with E-state index in [4.69, 9.17) is 42.1 Å². The molecule has 1 aliphatic heterocycles. The number of rotatable bonds is 10. The van der Waals surface area contributed by atoms with E-state index < -0.39 is 12.0 Å². The summed E-state index contributed by atoms with van der Waals surface area (Å²) in [5.41, 5.74) is 2.78. The van der Waals surface area contributed by atoms with Crippen LogP contribution in [0.3, 0.4) is 0 Å². The highest BCUT2D eigenvalue weighted by Crippen LogP contribution is 2.37. The van der Waals surface area contributed by atoms with E-state index in [9.17, 15) is 9.59 Å². The Hall–Kier alpha value is -2.59. The first-order chi connectivity index (χ1) is 22.4. The Morgan fingerprint density at radius 1 is 1.09 bits per heavy atom. The number of halogens is 4. The number of esters is 1. The summed E-state index contributed by atoms with van der Waals surface area (Å²) in [5.74, 6) is 1.23. The number of allylic oxidation sites excluding steroid dienone is 1. The highest BCUT2D eigenvalue weighted by atomic mass is 127. The molecule has 0 saturated heterocycles. The van der Waals surface area contributed by atoms with E-state index in [2.05, 4.69) is 50.2 Å². The fourth-order valence-corrected chi connectivity index (χ4v) is 8.69. The predicted molar refractivity (Wildman–Crippen MR) is 202 cm³/mol. The minimum atomic E-state index is -0.787. The Bertz CT molecular complexity index is 2050. The van der Waals surface area contributed by atoms with E-state index in [1.54, 1.807) is 49.8 Å². The molecule has 0 N–H and O–H groups in total. The van der Waals surface area contributed by atoms with Gasteiger partial charge in [-0.05, 0) is 126 Å². The Labute approximate surface area is 313 Å². The van der Waals surface area contributed by atoms with Gasteiger partial charge in [-0.15, -0.1) is 0 Å². The van der Waals surface area contributed by atoms with Gasteiger partial charge < -0.3 is 18.9 Å². The van der Waals surface area contributed by atoms with Gasteiger partial charge in [0.1, 0.15) is 12.4 Å². The third-order valence-electron chi connectivity index (χ3n) is 7.09. The number of thiazole rings is 1. The third kappa shape index (κ3) is 7.85. The number of benzene rings is 3. The summed E-state index contributed by atoms with van der Waals surface area (Å²) < 4.78 is 26.9. The molecular formula is C34H30Cl2I2N2O6S. The molecule has 1 aromatic heterocycles. The first-order valence-electron chi connectivity index (χ1n) is 14.5. The quantitative estimate of drug-likeness (QED) is 0.120. The molecule has 246 valence electrons. The van der Waals surface area contributed by atoms with Gasteiger partial charge in [0.05, 0.1) is 48.8 Å². The SMILES string of the molecule is CCOC(=O)C1=C(C)N=c2s/c(=C\c3cc(I)c(OCc4ccc(Cl)cc4Cl)c(I)c3)c(=O)n2[C@@H]1c1ccc(OC(C)C)c(OC)c1. The van der Waals surface area contributed by atoms with E-state index in [1.807, 2.05) is 44.2 Å². The molecule has 47 heavy (non-hydrogen) atoms. The van der Waals surface area contributed by atoms with Crippen molar-refractivity contribution in [1.82, 2.24) is 4.57 Å². The van der Waals surface area contributed by atoms with Crippen LogP contribution in [0.15, 0.2) is 69.6 Å². The molecule has 0 bridgehead atoms. The average Bonchev–Trinajstić information content (AvgIpc) is 3.30. The minimum Gasteiger partial charge on any atom is -0.493 e. The zero-order valence-electron chi connectivity index (χ0n) is 26.0. The number of carbonyl (C=O) groups excluding carboxylic acids is 1. The second-order valence-corrected chi connectivity index (χ2v) is 14.9. The van der Waals surface area contributed by atoms with E-state index >= 15 is 0 Å². The summed E-state index contributed by atoms with van der Waals surface area (Å²) in [4.78, 5) is 32.6. The number of hydrogen-bond donors (Lipinski definition) is 0. The maximum atomic E-state index is 14.2. The van der Waals surface area contributed by atoms with Gasteiger partial charge in [-0.2, -0.15) is 0 Å². The number of hydrogen-bond acceptors (Lipinski definition) is 8. The number of fused-ring (bicyclic) bond motifs is 1. The Kier molecular flexibility index (Phi) is 11.6. The fraction of sp³-hybridized carbons (Fsp3) is 0.265. The lowest BCUT2D eigenvalue weighted by Gasteiger charge is -2.25. The number of methoxy groups -OCH3 is 1. The van der Waals surface area contributed by atoms with Gasteiger partial charge in [-0.1, -0.05) is 46.7 Å². The van der Waals surface area contributed by atoms with Gasteiger partial charge in [0, 0.05) is 15.6 Å². The summed E-state index contributed by atoms with van der Waals surface area (Å²) in [6.45, 7) is 7.81. The third-order valence-corrected chi connectivity index (χ3v) is 10.3. The van der Waals surface area contributed by atoms with Gasteiger partial charge in [0.25, 0.3) is 5.56 Å². The molecule has 13 heteroatoms. The molecule has 0 radical (unpaired) electrons. The lowest BCUT2D eigenvalue weighted by molar-refractivity contribution is -0.139. The van der Waals surface area contributed by atoms with Crippen LogP contribution in [-0.2, 0) is 16.1 Å². The lowest BCUT2D eigenvalue weighted by atomic mass is 9.95. The van der Waals surface area contributed by atoms with Gasteiger partial charge in [-0.25, -0.2) is 9.79 Å². The second kappa shape index (κ2) is 15.3. The highest BCUT2D eigenvalue weighted by molar-refractivity contribution is 14.1. The van der Waals surface area contributed by atoms with Gasteiger partial charge >= 0.3 is 5.97 Å². The zero-order valence-corrected chi connectivity index (χ0v) is 32.7. The molecular weight excluding hydrogens is 889 g/mol. The first kappa shape index (κ1) is 35.7. The highest BCUT2D eigenvalue weighted by Gasteiger charge is 2.34. The van der Waals surface area contributed by atoms with E-state index in [1.165, 1.54) is 11.3 Å². The molecule has 0 aliphatic carbocycles. The molecule has 2 heterocycles. The van der Waals surface area contributed by atoms with Gasteiger partial charge in [0.15, 0.2) is 16.3 Å². The first-order valence-corrected chi connectivity index (χ1v) is 18.2. The molecule has 1 atom stereocenters. The molecule has 0 spiro atoms. The molecule has 1 aliphatic rings. The molecule has 3 aromatic carbocycles. The number of ether oxygens (including phenoxy) is 4. The van der Waals surface area contributed by atoms with Crippen molar-refractivity contribution in [3.8, 4) is 17.2 Å². The van der Waals surface area contributed by atoms with Crippen LogP contribution in [0.2, 0.25) is 10.0 Å². The summed E-state index contributed by atoms with van der Waals surface area (Å²) in [6, 6.07) is 13.8. The summed E-state index contributed by atoms with van der Waals surface area (Å²) in [6.07, 6.45) is 1.76. The van der Waals surface area contributed by atoms with Crippen molar-refractivity contribution in [3.05, 3.63) is 113 Å². The average molecular weight is 919 g/mol. The normalized spacial score (nSPS) is 14.6. The van der Waals surface area contributed by atoms with Crippen molar-refractivity contribution >= 4 is 91.8 Å². The topological polar surface area (TPSA) is 88.4 Å². The molecule has 5 rings (SSSR count). The van der Waals surface area contributed by atoms with Crippen LogP contribution in [0.4, 0.5) is 0 Å². The van der Waals surface area contributed by atoms with Crippen molar-refractivity contribution in [3.63, 3.8) is 0 Å². The van der Waals surface area contributed by atoms with Crippen molar-refractivity contribution < 1.29 is 23.7 Å². The smallest absolute Gasteiger partial charge is 0.338 e. The second-order valence-electron chi connectivity index (χ2n) is 10.7. The van der Waals surface area contributed by atoms with Gasteiger partial charge in [0.2, 0.25) is 0 Å². The van der Waals surface area contributed by atoms with Crippen molar-refractivity contribution in [2.24, 2.45) is 4.99 Å². The summed E-state index contributed by atoms with van der Waals surface area (Å²) in [5, 5.41) is 1.09. The van der Waals surface area contributed by atoms with E-state index in [0.29, 0.717) is 47.9 Å². The van der Waals surface area contributed by atoms with Crippen molar-refractivity contribution in [1.29, 1.82) is 0 Å². The van der Waals surface area contributed by atoms with Crippen LogP contribution in [-0.4, -0.2) is 30.4 Å². The van der Waals surface area contributed by atoms with Crippen LogP contribution in [0.5, 0.6) is 17.2 Å². The summed E-state index contributed by atoms with van der Waals surface area (Å²) >= 11 is 18.1. The largest absolute Gasteiger partial charge is 0.493 e.